The number of carboxylic acids is 1. The number of aromatic carboxylic acids is 1. The number of carbonyl (C=O) groups is 1. The minimum absolute atomic E-state index is 0.0130. The zero-order chi connectivity index (χ0) is 14.7. The molecule has 0 aromatic heterocycles. The summed E-state index contributed by atoms with van der Waals surface area (Å²) < 4.78 is 32.1. The van der Waals surface area contributed by atoms with Gasteiger partial charge in [0.05, 0.1) is 5.56 Å². The van der Waals surface area contributed by atoms with Gasteiger partial charge in [0.25, 0.3) is 0 Å². The first-order chi connectivity index (χ1) is 9.49. The number of hydrogen-bond acceptors (Lipinski definition) is 2. The van der Waals surface area contributed by atoms with Crippen LogP contribution in [0.15, 0.2) is 40.9 Å². The van der Waals surface area contributed by atoms with Crippen LogP contribution in [0.4, 0.5) is 8.78 Å². The van der Waals surface area contributed by atoms with Crippen molar-refractivity contribution in [2.45, 2.75) is 6.61 Å². The molecule has 6 heteroatoms. The van der Waals surface area contributed by atoms with Crippen LogP contribution < -0.4 is 4.74 Å². The fourth-order valence-corrected chi connectivity index (χ4v) is 2.04. The molecule has 0 saturated carbocycles. The molecule has 0 bridgehead atoms. The molecule has 1 N–H and O–H groups in total. The van der Waals surface area contributed by atoms with Gasteiger partial charge in [-0.2, -0.15) is 4.39 Å². The fraction of sp³-hybridized carbons (Fsp3) is 0.0714. The van der Waals surface area contributed by atoms with Gasteiger partial charge in [-0.15, -0.1) is 0 Å². The van der Waals surface area contributed by atoms with Gasteiger partial charge in [-0.05, 0) is 24.3 Å². The van der Waals surface area contributed by atoms with Gasteiger partial charge >= 0.3 is 5.97 Å². The zero-order valence-electron chi connectivity index (χ0n) is 10.1. The summed E-state index contributed by atoms with van der Waals surface area (Å²) in [5.74, 6) is -3.28. The molecule has 2 aromatic carbocycles. The molecule has 0 radical (unpaired) electrons. The van der Waals surface area contributed by atoms with Crippen LogP contribution in [0, 0.1) is 11.6 Å². The molecule has 104 valence electrons. The summed E-state index contributed by atoms with van der Waals surface area (Å²) >= 11 is 3.21. The largest absolute Gasteiger partial charge is 0.486 e. The van der Waals surface area contributed by atoms with Crippen molar-refractivity contribution in [2.75, 3.05) is 0 Å². The minimum Gasteiger partial charge on any atom is -0.486 e. The predicted molar refractivity (Wildman–Crippen MR) is 71.8 cm³/mol. The molecule has 0 aliphatic heterocycles. The second-order valence-electron chi connectivity index (χ2n) is 3.95. The molecule has 0 fully saturated rings. The molecule has 0 saturated heterocycles. The number of rotatable bonds is 4. The quantitative estimate of drug-likeness (QED) is 0.913. The van der Waals surface area contributed by atoms with E-state index in [1.807, 2.05) is 0 Å². The fourth-order valence-electron chi connectivity index (χ4n) is 1.55. The van der Waals surface area contributed by atoms with Gasteiger partial charge in [-0.1, -0.05) is 28.1 Å². The molecular formula is C14H9BrF2O3. The maximum atomic E-state index is 13.4. The predicted octanol–water partition coefficient (Wildman–Crippen LogP) is 4.00. The van der Waals surface area contributed by atoms with Gasteiger partial charge in [-0.25, -0.2) is 9.18 Å². The lowest BCUT2D eigenvalue weighted by molar-refractivity contribution is 0.0696. The average Bonchev–Trinajstić information content (AvgIpc) is 2.41. The summed E-state index contributed by atoms with van der Waals surface area (Å²) in [7, 11) is 0. The summed E-state index contributed by atoms with van der Waals surface area (Å²) in [6.07, 6.45) is 0. The normalized spacial score (nSPS) is 10.3. The van der Waals surface area contributed by atoms with Crippen LogP contribution in [-0.4, -0.2) is 11.1 Å². The molecule has 2 rings (SSSR count). The topological polar surface area (TPSA) is 46.5 Å². The first-order valence-electron chi connectivity index (χ1n) is 5.57. The summed E-state index contributed by atoms with van der Waals surface area (Å²) in [5.41, 5.74) is 0.747. The Balaban J connectivity index is 2.15. The van der Waals surface area contributed by atoms with Crippen molar-refractivity contribution in [2.24, 2.45) is 0 Å². The Labute approximate surface area is 121 Å². The lowest BCUT2D eigenvalue weighted by Crippen LogP contribution is -2.02. The third-order valence-corrected chi connectivity index (χ3v) is 3.34. The first-order valence-corrected chi connectivity index (χ1v) is 6.37. The lowest BCUT2D eigenvalue weighted by Gasteiger charge is -2.09. The van der Waals surface area contributed by atoms with E-state index >= 15 is 0 Å². The van der Waals surface area contributed by atoms with Crippen molar-refractivity contribution in [3.63, 3.8) is 0 Å². The number of halogens is 3. The van der Waals surface area contributed by atoms with Crippen molar-refractivity contribution in [3.8, 4) is 5.75 Å². The Morgan fingerprint density at radius 1 is 1.25 bits per heavy atom. The van der Waals surface area contributed by atoms with Crippen LogP contribution >= 0.6 is 15.9 Å². The van der Waals surface area contributed by atoms with Gasteiger partial charge in [0.1, 0.15) is 6.61 Å². The van der Waals surface area contributed by atoms with Crippen LogP contribution in [0.25, 0.3) is 0 Å². The van der Waals surface area contributed by atoms with Gasteiger partial charge in [-0.3, -0.25) is 0 Å². The Kier molecular flexibility index (Phi) is 4.34. The molecule has 3 nitrogen and oxygen atoms in total. The summed E-state index contributed by atoms with van der Waals surface area (Å²) in [4.78, 5) is 10.8. The van der Waals surface area contributed by atoms with E-state index in [1.165, 1.54) is 24.3 Å². The Hall–Kier alpha value is -1.95. The van der Waals surface area contributed by atoms with Crippen molar-refractivity contribution in [1.82, 2.24) is 0 Å². The van der Waals surface area contributed by atoms with Crippen LogP contribution in [0.3, 0.4) is 0 Å². The minimum atomic E-state index is -1.05. The number of benzene rings is 2. The average molecular weight is 343 g/mol. The second-order valence-corrected chi connectivity index (χ2v) is 4.81. The van der Waals surface area contributed by atoms with E-state index in [9.17, 15) is 13.6 Å². The molecule has 0 atom stereocenters. The Morgan fingerprint density at radius 2 is 2.00 bits per heavy atom. The second kappa shape index (κ2) is 6.00. The molecule has 0 aliphatic rings. The van der Waals surface area contributed by atoms with E-state index in [0.717, 1.165) is 6.07 Å². The van der Waals surface area contributed by atoms with Crippen LogP contribution in [-0.2, 0) is 6.61 Å². The van der Waals surface area contributed by atoms with E-state index in [-0.39, 0.29) is 17.9 Å². The summed E-state index contributed by atoms with van der Waals surface area (Å²) in [6.45, 7) is -0.0130. The number of ether oxygens (including phenoxy) is 1. The van der Waals surface area contributed by atoms with E-state index in [4.69, 9.17) is 9.84 Å². The van der Waals surface area contributed by atoms with Crippen molar-refractivity contribution >= 4 is 21.9 Å². The molecule has 0 heterocycles. The highest BCUT2D eigenvalue weighted by molar-refractivity contribution is 9.10. The van der Waals surface area contributed by atoms with E-state index in [2.05, 4.69) is 15.9 Å². The SMILES string of the molecule is O=C(O)c1ccc(COc2cccc(F)c2F)c(Br)c1. The van der Waals surface area contributed by atoms with Gasteiger partial charge in [0.2, 0.25) is 5.82 Å². The van der Waals surface area contributed by atoms with E-state index in [1.54, 1.807) is 6.07 Å². The highest BCUT2D eigenvalue weighted by atomic mass is 79.9. The Bertz CT molecular complexity index is 659. The Morgan fingerprint density at radius 3 is 2.65 bits per heavy atom. The van der Waals surface area contributed by atoms with Crippen LogP contribution in [0.2, 0.25) is 0 Å². The molecule has 0 spiro atoms. The molecule has 0 amide bonds. The third kappa shape index (κ3) is 3.14. The number of hydrogen-bond donors (Lipinski definition) is 1. The van der Waals surface area contributed by atoms with Gasteiger partial charge in [0, 0.05) is 10.0 Å². The molecule has 0 aliphatic carbocycles. The highest BCUT2D eigenvalue weighted by Gasteiger charge is 2.11. The third-order valence-electron chi connectivity index (χ3n) is 2.60. The maximum absolute atomic E-state index is 13.4. The van der Waals surface area contributed by atoms with Crippen molar-refractivity contribution < 1.29 is 23.4 Å². The number of carboxylic acid groups (broad SMARTS) is 1. The molecule has 20 heavy (non-hydrogen) atoms. The molecular weight excluding hydrogens is 334 g/mol. The highest BCUT2D eigenvalue weighted by Crippen LogP contribution is 2.23. The zero-order valence-corrected chi connectivity index (χ0v) is 11.7. The van der Waals surface area contributed by atoms with Crippen molar-refractivity contribution in [1.29, 1.82) is 0 Å². The molecule has 0 unspecified atom stereocenters. The van der Waals surface area contributed by atoms with Gasteiger partial charge < -0.3 is 9.84 Å². The monoisotopic (exact) mass is 342 g/mol. The van der Waals surface area contributed by atoms with Crippen LogP contribution in [0.1, 0.15) is 15.9 Å². The van der Waals surface area contributed by atoms with Crippen molar-refractivity contribution in [3.05, 3.63) is 63.6 Å². The van der Waals surface area contributed by atoms with Crippen LogP contribution in [0.5, 0.6) is 5.75 Å². The smallest absolute Gasteiger partial charge is 0.335 e. The standard InChI is InChI=1S/C14H9BrF2O3/c15-10-6-8(14(18)19)4-5-9(10)7-20-12-3-1-2-11(16)13(12)17/h1-6H,7H2,(H,18,19). The summed E-state index contributed by atoms with van der Waals surface area (Å²) in [5, 5.41) is 8.83. The van der Waals surface area contributed by atoms with Gasteiger partial charge in [0.15, 0.2) is 11.6 Å². The maximum Gasteiger partial charge on any atom is 0.335 e. The molecule has 2 aromatic rings. The first kappa shape index (κ1) is 14.5. The lowest BCUT2D eigenvalue weighted by atomic mass is 10.1. The summed E-state index contributed by atoms with van der Waals surface area (Å²) in [6, 6.07) is 8.04. The van der Waals surface area contributed by atoms with E-state index in [0.29, 0.717) is 10.0 Å². The van der Waals surface area contributed by atoms with E-state index < -0.39 is 17.6 Å².